The molecule has 1 saturated heterocycles. The molecule has 2 heterocycles. The first-order valence-corrected chi connectivity index (χ1v) is 7.63. The largest absolute Gasteiger partial charge is 0.469 e. The molecule has 1 fully saturated rings. The van der Waals surface area contributed by atoms with Gasteiger partial charge in [0.1, 0.15) is 5.82 Å². The maximum atomic E-state index is 12.3. The number of pyridine rings is 1. The normalized spacial score (nSPS) is 19.4. The molecule has 2 rings (SSSR count). The Morgan fingerprint density at radius 2 is 2.32 bits per heavy atom. The van der Waals surface area contributed by atoms with Crippen molar-refractivity contribution in [1.29, 1.82) is 0 Å². The zero-order chi connectivity index (χ0) is 15.9. The molecule has 0 saturated carbocycles. The molecule has 1 aromatic rings. The van der Waals surface area contributed by atoms with E-state index in [1.165, 1.54) is 7.11 Å². The molecule has 1 aromatic heterocycles. The fourth-order valence-electron chi connectivity index (χ4n) is 2.69. The molecular formula is C16H23N3O3. The van der Waals surface area contributed by atoms with Crippen LogP contribution in [0.3, 0.4) is 0 Å². The SMILES string of the molecule is COC(=O)C[C@@H](C)NC(=O)[C@H]1CCCN(c2ccccn2)C1. The monoisotopic (exact) mass is 305 g/mol. The summed E-state index contributed by atoms with van der Waals surface area (Å²) < 4.78 is 4.62. The van der Waals surface area contributed by atoms with Crippen LogP contribution in [0.4, 0.5) is 5.82 Å². The minimum atomic E-state index is -0.313. The van der Waals surface area contributed by atoms with Gasteiger partial charge in [-0.25, -0.2) is 4.98 Å². The number of nitrogens with one attached hydrogen (secondary N) is 1. The van der Waals surface area contributed by atoms with E-state index in [2.05, 4.69) is 19.9 Å². The Morgan fingerprint density at radius 1 is 1.50 bits per heavy atom. The summed E-state index contributed by atoms with van der Waals surface area (Å²) in [4.78, 5) is 30.1. The van der Waals surface area contributed by atoms with Crippen LogP contribution < -0.4 is 10.2 Å². The van der Waals surface area contributed by atoms with Gasteiger partial charge >= 0.3 is 5.97 Å². The number of carbonyl (C=O) groups is 2. The fraction of sp³-hybridized carbons (Fsp3) is 0.562. The third kappa shape index (κ3) is 4.44. The van der Waals surface area contributed by atoms with Gasteiger partial charge in [0.05, 0.1) is 19.4 Å². The summed E-state index contributed by atoms with van der Waals surface area (Å²) in [6.45, 7) is 3.39. The summed E-state index contributed by atoms with van der Waals surface area (Å²) in [5.41, 5.74) is 0. The number of aromatic nitrogens is 1. The van der Waals surface area contributed by atoms with E-state index >= 15 is 0 Å². The van der Waals surface area contributed by atoms with Gasteiger partial charge in [-0.2, -0.15) is 0 Å². The highest BCUT2D eigenvalue weighted by Gasteiger charge is 2.27. The number of methoxy groups -OCH3 is 1. The third-order valence-electron chi connectivity index (χ3n) is 3.85. The van der Waals surface area contributed by atoms with Crippen molar-refractivity contribution >= 4 is 17.7 Å². The summed E-state index contributed by atoms with van der Waals surface area (Å²) in [6.07, 6.45) is 3.77. The lowest BCUT2D eigenvalue weighted by molar-refractivity contribution is -0.141. The van der Waals surface area contributed by atoms with Crippen LogP contribution in [-0.4, -0.2) is 43.1 Å². The maximum Gasteiger partial charge on any atom is 0.307 e. The fourth-order valence-corrected chi connectivity index (χ4v) is 2.69. The second kappa shape index (κ2) is 7.77. The van der Waals surface area contributed by atoms with E-state index in [-0.39, 0.29) is 30.3 Å². The number of nitrogens with zero attached hydrogens (tertiary/aromatic N) is 2. The minimum absolute atomic E-state index is 0.00275. The molecule has 1 aliphatic heterocycles. The number of esters is 1. The topological polar surface area (TPSA) is 71.5 Å². The summed E-state index contributed by atoms with van der Waals surface area (Å²) in [5.74, 6) is 0.516. The molecule has 0 radical (unpaired) electrons. The van der Waals surface area contributed by atoms with Crippen LogP contribution >= 0.6 is 0 Å². The van der Waals surface area contributed by atoms with Crippen molar-refractivity contribution in [2.24, 2.45) is 5.92 Å². The first-order valence-electron chi connectivity index (χ1n) is 7.63. The number of hydrogen-bond donors (Lipinski definition) is 1. The zero-order valence-electron chi connectivity index (χ0n) is 13.1. The number of piperidine rings is 1. The van der Waals surface area contributed by atoms with Crippen molar-refractivity contribution in [2.75, 3.05) is 25.1 Å². The van der Waals surface area contributed by atoms with Crippen LogP contribution in [0.15, 0.2) is 24.4 Å². The summed E-state index contributed by atoms with van der Waals surface area (Å²) >= 11 is 0. The van der Waals surface area contributed by atoms with Crippen molar-refractivity contribution in [3.05, 3.63) is 24.4 Å². The standard InChI is InChI=1S/C16H23N3O3/c1-12(10-15(20)22-2)18-16(21)13-6-5-9-19(11-13)14-7-3-4-8-17-14/h3-4,7-8,12-13H,5-6,9-11H2,1-2H3,(H,18,21)/t12-,13+/m1/s1. The van der Waals surface area contributed by atoms with Gasteiger partial charge in [0.2, 0.25) is 5.91 Å². The van der Waals surface area contributed by atoms with Crippen molar-refractivity contribution < 1.29 is 14.3 Å². The van der Waals surface area contributed by atoms with Crippen LogP contribution in [0, 0.1) is 5.92 Å². The lowest BCUT2D eigenvalue weighted by Crippen LogP contribution is -2.46. The summed E-state index contributed by atoms with van der Waals surface area (Å²) in [5, 5.41) is 2.90. The van der Waals surface area contributed by atoms with Gasteiger partial charge in [-0.15, -0.1) is 0 Å². The number of rotatable bonds is 5. The quantitative estimate of drug-likeness (QED) is 0.832. The molecule has 0 unspecified atom stereocenters. The molecule has 120 valence electrons. The van der Waals surface area contributed by atoms with Crippen LogP contribution in [0.25, 0.3) is 0 Å². The predicted octanol–water partition coefficient (Wildman–Crippen LogP) is 1.37. The van der Waals surface area contributed by atoms with Crippen molar-refractivity contribution in [1.82, 2.24) is 10.3 Å². The third-order valence-corrected chi connectivity index (χ3v) is 3.85. The Balaban J connectivity index is 1.89. The number of amides is 1. The molecule has 22 heavy (non-hydrogen) atoms. The molecular weight excluding hydrogens is 282 g/mol. The van der Waals surface area contributed by atoms with Gasteiger partial charge in [0.25, 0.3) is 0 Å². The van der Waals surface area contributed by atoms with E-state index in [1.807, 2.05) is 25.1 Å². The molecule has 1 N–H and O–H groups in total. The van der Waals surface area contributed by atoms with Crippen LogP contribution in [0.2, 0.25) is 0 Å². The Kier molecular flexibility index (Phi) is 5.75. The number of hydrogen-bond acceptors (Lipinski definition) is 5. The second-order valence-corrected chi connectivity index (χ2v) is 5.66. The lowest BCUT2D eigenvalue weighted by Gasteiger charge is -2.33. The molecule has 6 heteroatoms. The van der Waals surface area contributed by atoms with Crippen LogP contribution in [-0.2, 0) is 14.3 Å². The maximum absolute atomic E-state index is 12.3. The first kappa shape index (κ1) is 16.3. The summed E-state index contributed by atoms with van der Waals surface area (Å²) in [6, 6.07) is 5.57. The van der Waals surface area contributed by atoms with E-state index < -0.39 is 0 Å². The highest BCUT2D eigenvalue weighted by atomic mass is 16.5. The van der Waals surface area contributed by atoms with E-state index in [1.54, 1.807) is 6.20 Å². The molecule has 0 bridgehead atoms. The predicted molar refractivity (Wildman–Crippen MR) is 83.4 cm³/mol. The van der Waals surface area contributed by atoms with E-state index in [0.717, 1.165) is 25.2 Å². The van der Waals surface area contributed by atoms with E-state index in [0.29, 0.717) is 6.54 Å². The molecule has 0 aromatic carbocycles. The second-order valence-electron chi connectivity index (χ2n) is 5.66. The van der Waals surface area contributed by atoms with Crippen LogP contribution in [0.5, 0.6) is 0 Å². The smallest absolute Gasteiger partial charge is 0.307 e. The highest BCUT2D eigenvalue weighted by Crippen LogP contribution is 2.21. The van der Waals surface area contributed by atoms with Crippen molar-refractivity contribution in [3.8, 4) is 0 Å². The Hall–Kier alpha value is -2.11. The van der Waals surface area contributed by atoms with Gasteiger partial charge < -0.3 is 15.0 Å². The Morgan fingerprint density at radius 3 is 3.00 bits per heavy atom. The van der Waals surface area contributed by atoms with Gasteiger partial charge in [0.15, 0.2) is 0 Å². The summed E-state index contributed by atoms with van der Waals surface area (Å²) in [7, 11) is 1.35. The van der Waals surface area contributed by atoms with Gasteiger partial charge in [0, 0.05) is 25.3 Å². The van der Waals surface area contributed by atoms with Crippen LogP contribution in [0.1, 0.15) is 26.2 Å². The number of carbonyl (C=O) groups excluding carboxylic acids is 2. The Bertz CT molecular complexity index is 507. The Labute approximate surface area is 130 Å². The molecule has 0 aliphatic carbocycles. The molecule has 0 spiro atoms. The van der Waals surface area contributed by atoms with Crippen molar-refractivity contribution in [3.63, 3.8) is 0 Å². The number of ether oxygens (including phenoxy) is 1. The average Bonchev–Trinajstić information content (AvgIpc) is 2.55. The zero-order valence-corrected chi connectivity index (χ0v) is 13.1. The molecule has 1 aliphatic rings. The first-order chi connectivity index (χ1) is 10.6. The lowest BCUT2D eigenvalue weighted by atomic mass is 9.96. The van der Waals surface area contributed by atoms with Crippen molar-refractivity contribution in [2.45, 2.75) is 32.2 Å². The minimum Gasteiger partial charge on any atom is -0.469 e. The van der Waals surface area contributed by atoms with Gasteiger partial charge in [-0.3, -0.25) is 9.59 Å². The average molecular weight is 305 g/mol. The molecule has 6 nitrogen and oxygen atoms in total. The van der Waals surface area contributed by atoms with E-state index in [9.17, 15) is 9.59 Å². The molecule has 2 atom stereocenters. The van der Waals surface area contributed by atoms with Gasteiger partial charge in [-0.1, -0.05) is 6.07 Å². The highest BCUT2D eigenvalue weighted by molar-refractivity contribution is 5.80. The van der Waals surface area contributed by atoms with E-state index in [4.69, 9.17) is 0 Å². The van der Waals surface area contributed by atoms with Gasteiger partial charge in [-0.05, 0) is 31.9 Å². The molecule has 1 amide bonds. The number of anilines is 1.